The summed E-state index contributed by atoms with van der Waals surface area (Å²) in [5.74, 6) is 6.45. The first kappa shape index (κ1) is 21.7. The van der Waals surface area contributed by atoms with Gasteiger partial charge in [0.25, 0.3) is 0 Å². The Balaban J connectivity index is 1.42. The lowest BCUT2D eigenvalue weighted by Crippen LogP contribution is -2.53. The van der Waals surface area contributed by atoms with Crippen LogP contribution in [0, 0.1) is 52.3 Å². The molecule has 166 valence electrons. The van der Waals surface area contributed by atoms with Gasteiger partial charge in [-0.1, -0.05) is 34.1 Å². The van der Waals surface area contributed by atoms with E-state index in [1.54, 1.807) is 0 Å². The van der Waals surface area contributed by atoms with E-state index in [0.29, 0.717) is 17.4 Å². The van der Waals surface area contributed by atoms with Crippen molar-refractivity contribution in [2.24, 2.45) is 52.3 Å². The quantitative estimate of drug-likeness (QED) is 0.357. The third kappa shape index (κ3) is 3.80. The minimum Gasteiger partial charge on any atom is -0.466 e. The lowest BCUT2D eigenvalue weighted by Gasteiger charge is -2.61. The van der Waals surface area contributed by atoms with E-state index >= 15 is 0 Å². The van der Waals surface area contributed by atoms with Crippen molar-refractivity contribution in [1.82, 2.24) is 0 Å². The fourth-order valence-corrected chi connectivity index (χ4v) is 9.27. The highest BCUT2D eigenvalue weighted by Gasteiger charge is 2.60. The molecule has 4 rings (SSSR count). The molecule has 2 nitrogen and oxygen atoms in total. The Hall–Kier alpha value is -0.530. The Labute approximate surface area is 179 Å². The van der Waals surface area contributed by atoms with Crippen molar-refractivity contribution in [3.05, 3.63) is 0 Å². The zero-order valence-corrected chi connectivity index (χ0v) is 19.8. The number of hydrogen-bond acceptors (Lipinski definition) is 2. The average Bonchev–Trinajstić information content (AvgIpc) is 3.03. The molecule has 0 radical (unpaired) electrons. The van der Waals surface area contributed by atoms with E-state index < -0.39 is 0 Å². The Bertz CT molecular complexity index is 599. The summed E-state index contributed by atoms with van der Waals surface area (Å²) < 4.78 is 5.19. The number of carbonyl (C=O) groups is 1. The van der Waals surface area contributed by atoms with E-state index in [1.807, 2.05) is 0 Å². The summed E-state index contributed by atoms with van der Waals surface area (Å²) in [6.45, 7) is 12.5. The van der Waals surface area contributed by atoms with Crippen LogP contribution < -0.4 is 0 Å². The first-order chi connectivity index (χ1) is 13.8. The van der Waals surface area contributed by atoms with Gasteiger partial charge in [0.1, 0.15) is 0 Å². The molecular weight excluding hydrogens is 356 g/mol. The van der Waals surface area contributed by atoms with Crippen LogP contribution >= 0.6 is 0 Å². The molecule has 0 aliphatic heterocycles. The van der Waals surface area contributed by atoms with Gasteiger partial charge in [-0.3, -0.25) is 4.79 Å². The lowest BCUT2D eigenvalue weighted by molar-refractivity contribution is -0.141. The predicted molar refractivity (Wildman–Crippen MR) is 119 cm³/mol. The van der Waals surface area contributed by atoms with Crippen LogP contribution in [0.2, 0.25) is 0 Å². The van der Waals surface area contributed by atoms with Gasteiger partial charge < -0.3 is 4.74 Å². The third-order valence-electron chi connectivity index (χ3n) is 10.8. The number of carbonyl (C=O) groups excluding carboxylic acids is 1. The first-order valence-electron chi connectivity index (χ1n) is 12.9. The zero-order chi connectivity index (χ0) is 20.8. The summed E-state index contributed by atoms with van der Waals surface area (Å²) in [5, 5.41) is 0. The highest BCUT2D eigenvalue weighted by Crippen LogP contribution is 2.68. The number of fused-ring (bicyclic) bond motifs is 5. The third-order valence-corrected chi connectivity index (χ3v) is 10.8. The smallest absolute Gasteiger partial charge is 0.302 e. The van der Waals surface area contributed by atoms with Crippen molar-refractivity contribution >= 4 is 5.97 Å². The van der Waals surface area contributed by atoms with Crippen molar-refractivity contribution < 1.29 is 9.53 Å². The molecule has 4 aliphatic rings. The van der Waals surface area contributed by atoms with Crippen molar-refractivity contribution in [1.29, 1.82) is 0 Å². The minimum atomic E-state index is -0.134. The van der Waals surface area contributed by atoms with Crippen molar-refractivity contribution in [3.8, 4) is 0 Å². The molecular formula is C27H46O2. The van der Waals surface area contributed by atoms with Crippen LogP contribution in [0.1, 0.15) is 105 Å². The molecule has 4 aliphatic carbocycles. The predicted octanol–water partition coefficient (Wildman–Crippen LogP) is 7.26. The highest BCUT2D eigenvalue weighted by atomic mass is 16.5. The normalized spacial score (nSPS) is 47.6. The van der Waals surface area contributed by atoms with E-state index in [4.69, 9.17) is 4.74 Å². The largest absolute Gasteiger partial charge is 0.466 e. The molecule has 0 aromatic rings. The van der Waals surface area contributed by atoms with Crippen molar-refractivity contribution in [2.75, 3.05) is 6.61 Å². The fourth-order valence-electron chi connectivity index (χ4n) is 9.27. The van der Waals surface area contributed by atoms with E-state index in [0.717, 1.165) is 47.8 Å². The second-order valence-corrected chi connectivity index (χ2v) is 12.2. The Morgan fingerprint density at radius 3 is 2.48 bits per heavy atom. The molecule has 9 unspecified atom stereocenters. The molecule has 29 heavy (non-hydrogen) atoms. The maximum atomic E-state index is 11.0. The Kier molecular flexibility index (Phi) is 6.13. The molecule has 0 saturated heterocycles. The van der Waals surface area contributed by atoms with Gasteiger partial charge in [-0.05, 0) is 116 Å². The molecule has 2 heteroatoms. The van der Waals surface area contributed by atoms with E-state index in [2.05, 4.69) is 27.7 Å². The van der Waals surface area contributed by atoms with Crippen LogP contribution in [0.15, 0.2) is 0 Å². The van der Waals surface area contributed by atoms with E-state index in [-0.39, 0.29) is 5.97 Å². The molecule has 9 atom stereocenters. The van der Waals surface area contributed by atoms with Gasteiger partial charge in [0.2, 0.25) is 0 Å². The summed E-state index contributed by atoms with van der Waals surface area (Å²) in [5.41, 5.74) is 1.21. The molecule has 4 saturated carbocycles. The summed E-state index contributed by atoms with van der Waals surface area (Å²) in [7, 11) is 0. The second-order valence-electron chi connectivity index (χ2n) is 12.2. The topological polar surface area (TPSA) is 26.3 Å². The van der Waals surface area contributed by atoms with Gasteiger partial charge in [0.15, 0.2) is 0 Å². The van der Waals surface area contributed by atoms with Gasteiger partial charge in [-0.15, -0.1) is 0 Å². The SMILES string of the molecule is CC(=O)OCCCC(C)C1CCC2C3CCC4CC(C)CCC4(C)C3CCC12C. The number of rotatable bonds is 5. The fraction of sp³-hybridized carbons (Fsp3) is 0.963. The van der Waals surface area contributed by atoms with Crippen LogP contribution in [0.4, 0.5) is 0 Å². The van der Waals surface area contributed by atoms with Gasteiger partial charge in [0, 0.05) is 6.92 Å². The maximum absolute atomic E-state index is 11.0. The number of ether oxygens (including phenoxy) is 1. The Morgan fingerprint density at radius 2 is 1.72 bits per heavy atom. The van der Waals surface area contributed by atoms with Gasteiger partial charge in [-0.2, -0.15) is 0 Å². The van der Waals surface area contributed by atoms with Gasteiger partial charge in [-0.25, -0.2) is 0 Å². The van der Waals surface area contributed by atoms with E-state index in [9.17, 15) is 4.79 Å². The molecule has 0 N–H and O–H groups in total. The highest BCUT2D eigenvalue weighted by molar-refractivity contribution is 5.65. The maximum Gasteiger partial charge on any atom is 0.302 e. The molecule has 4 fully saturated rings. The Morgan fingerprint density at radius 1 is 1.00 bits per heavy atom. The molecule has 0 aromatic heterocycles. The van der Waals surface area contributed by atoms with Crippen LogP contribution in [0.3, 0.4) is 0 Å². The molecule has 0 heterocycles. The van der Waals surface area contributed by atoms with Crippen LogP contribution in [-0.4, -0.2) is 12.6 Å². The standard InChI is InChI=1S/C27H46O2/c1-18-12-14-26(4)21(17-18)8-9-22-24-11-10-23(27(24,5)15-13-25(22)26)19(2)7-6-16-29-20(3)28/h18-19,21-25H,6-17H2,1-5H3. The first-order valence-corrected chi connectivity index (χ1v) is 12.9. The molecule has 0 spiro atoms. The molecule has 0 aromatic carbocycles. The monoisotopic (exact) mass is 402 g/mol. The number of hydrogen-bond donors (Lipinski definition) is 0. The second kappa shape index (κ2) is 8.19. The molecule has 0 amide bonds. The van der Waals surface area contributed by atoms with E-state index in [1.165, 1.54) is 71.1 Å². The average molecular weight is 403 g/mol. The van der Waals surface area contributed by atoms with Crippen molar-refractivity contribution in [2.45, 2.75) is 105 Å². The van der Waals surface area contributed by atoms with Crippen LogP contribution in [0.25, 0.3) is 0 Å². The van der Waals surface area contributed by atoms with Crippen molar-refractivity contribution in [3.63, 3.8) is 0 Å². The summed E-state index contributed by atoms with van der Waals surface area (Å²) >= 11 is 0. The summed E-state index contributed by atoms with van der Waals surface area (Å²) in [6, 6.07) is 0. The zero-order valence-electron chi connectivity index (χ0n) is 19.8. The minimum absolute atomic E-state index is 0.134. The lowest BCUT2D eigenvalue weighted by atomic mass is 9.44. The van der Waals surface area contributed by atoms with Crippen LogP contribution in [0.5, 0.6) is 0 Å². The molecule has 0 bridgehead atoms. The summed E-state index contributed by atoms with van der Waals surface area (Å²) in [6.07, 6.45) is 15.6. The van der Waals surface area contributed by atoms with Gasteiger partial charge in [0.05, 0.1) is 6.61 Å². The van der Waals surface area contributed by atoms with Gasteiger partial charge >= 0.3 is 5.97 Å². The van der Waals surface area contributed by atoms with Crippen LogP contribution in [-0.2, 0) is 9.53 Å². The summed E-state index contributed by atoms with van der Waals surface area (Å²) in [4.78, 5) is 11.0. The number of esters is 1.